The van der Waals surface area contributed by atoms with Gasteiger partial charge in [-0.1, -0.05) is 26.3 Å². The van der Waals surface area contributed by atoms with Crippen LogP contribution >= 0.6 is 12.4 Å². The SMILES string of the molecule is CCC(C)[C@H](N)c1ccc(OC)cc1F.Cl. The lowest BCUT2D eigenvalue weighted by Gasteiger charge is -2.19. The maximum absolute atomic E-state index is 13.6. The Morgan fingerprint density at radius 3 is 2.50 bits per heavy atom. The van der Waals surface area contributed by atoms with E-state index in [0.717, 1.165) is 6.42 Å². The fourth-order valence-corrected chi connectivity index (χ4v) is 1.47. The van der Waals surface area contributed by atoms with Crippen LogP contribution in [0.1, 0.15) is 31.9 Å². The predicted octanol–water partition coefficient (Wildman–Crippen LogP) is 3.30. The van der Waals surface area contributed by atoms with Gasteiger partial charge in [-0.3, -0.25) is 0 Å². The van der Waals surface area contributed by atoms with Gasteiger partial charge in [0, 0.05) is 17.7 Å². The standard InChI is InChI=1S/C12H18FNO.ClH/c1-4-8(2)12(14)10-6-5-9(15-3)7-11(10)13;/h5-8,12H,4,14H2,1-3H3;1H/t8?,12-;/m0./s1. The molecule has 0 heterocycles. The third-order valence-electron chi connectivity index (χ3n) is 2.82. The van der Waals surface area contributed by atoms with Crippen LogP contribution in [0.3, 0.4) is 0 Å². The molecule has 0 saturated heterocycles. The van der Waals surface area contributed by atoms with Crippen molar-refractivity contribution in [3.8, 4) is 5.75 Å². The van der Waals surface area contributed by atoms with E-state index in [4.69, 9.17) is 10.5 Å². The number of nitrogens with two attached hydrogens (primary N) is 1. The van der Waals surface area contributed by atoms with E-state index in [-0.39, 0.29) is 30.2 Å². The first-order valence-electron chi connectivity index (χ1n) is 5.19. The van der Waals surface area contributed by atoms with Crippen molar-refractivity contribution < 1.29 is 9.13 Å². The summed E-state index contributed by atoms with van der Waals surface area (Å²) in [6.45, 7) is 4.07. The van der Waals surface area contributed by atoms with E-state index in [2.05, 4.69) is 0 Å². The highest BCUT2D eigenvalue weighted by atomic mass is 35.5. The van der Waals surface area contributed by atoms with Crippen molar-refractivity contribution in [1.82, 2.24) is 0 Å². The fraction of sp³-hybridized carbons (Fsp3) is 0.500. The molecule has 0 aliphatic heterocycles. The minimum atomic E-state index is -0.290. The Labute approximate surface area is 102 Å². The zero-order chi connectivity index (χ0) is 11.4. The van der Waals surface area contributed by atoms with Gasteiger partial charge in [0.2, 0.25) is 0 Å². The summed E-state index contributed by atoms with van der Waals surface area (Å²) in [6, 6.07) is 4.56. The van der Waals surface area contributed by atoms with Crippen molar-refractivity contribution in [2.75, 3.05) is 7.11 Å². The second-order valence-corrected chi connectivity index (χ2v) is 3.80. The van der Waals surface area contributed by atoms with E-state index in [1.807, 2.05) is 13.8 Å². The highest BCUT2D eigenvalue weighted by Gasteiger charge is 2.17. The number of benzene rings is 1. The minimum Gasteiger partial charge on any atom is -0.497 e. The number of hydrogen-bond donors (Lipinski definition) is 1. The molecule has 1 rings (SSSR count). The van der Waals surface area contributed by atoms with Gasteiger partial charge in [0.25, 0.3) is 0 Å². The van der Waals surface area contributed by atoms with Gasteiger partial charge < -0.3 is 10.5 Å². The van der Waals surface area contributed by atoms with E-state index in [9.17, 15) is 4.39 Å². The molecule has 2 nitrogen and oxygen atoms in total. The monoisotopic (exact) mass is 247 g/mol. The highest BCUT2D eigenvalue weighted by molar-refractivity contribution is 5.85. The maximum atomic E-state index is 13.6. The van der Waals surface area contributed by atoms with Gasteiger partial charge in [-0.15, -0.1) is 12.4 Å². The van der Waals surface area contributed by atoms with Crippen molar-refractivity contribution in [2.24, 2.45) is 11.7 Å². The van der Waals surface area contributed by atoms with Crippen molar-refractivity contribution in [3.63, 3.8) is 0 Å². The summed E-state index contributed by atoms with van der Waals surface area (Å²) in [4.78, 5) is 0. The second kappa shape index (κ2) is 6.71. The summed E-state index contributed by atoms with van der Waals surface area (Å²) in [5.41, 5.74) is 6.52. The molecule has 0 amide bonds. The van der Waals surface area contributed by atoms with Crippen molar-refractivity contribution >= 4 is 12.4 Å². The number of rotatable bonds is 4. The molecule has 16 heavy (non-hydrogen) atoms. The molecule has 1 unspecified atom stereocenters. The van der Waals surface area contributed by atoms with Gasteiger partial charge in [0.1, 0.15) is 11.6 Å². The van der Waals surface area contributed by atoms with Crippen LogP contribution < -0.4 is 10.5 Å². The molecule has 0 spiro atoms. The van der Waals surface area contributed by atoms with E-state index >= 15 is 0 Å². The average Bonchev–Trinajstić information content (AvgIpc) is 2.26. The average molecular weight is 248 g/mol. The van der Waals surface area contributed by atoms with Crippen LogP contribution in [0.15, 0.2) is 18.2 Å². The Kier molecular flexibility index (Phi) is 6.38. The molecule has 1 aromatic rings. The van der Waals surface area contributed by atoms with E-state index in [1.54, 1.807) is 12.1 Å². The second-order valence-electron chi connectivity index (χ2n) is 3.80. The first-order valence-corrected chi connectivity index (χ1v) is 5.19. The zero-order valence-corrected chi connectivity index (χ0v) is 10.7. The molecule has 92 valence electrons. The molecule has 0 aliphatic rings. The molecule has 0 aromatic heterocycles. The Morgan fingerprint density at radius 1 is 1.44 bits per heavy atom. The van der Waals surface area contributed by atoms with Gasteiger partial charge in [-0.05, 0) is 12.0 Å². The first kappa shape index (κ1) is 15.2. The Balaban J connectivity index is 0.00000225. The van der Waals surface area contributed by atoms with E-state index in [0.29, 0.717) is 11.3 Å². The Hall–Kier alpha value is -0.800. The highest BCUT2D eigenvalue weighted by Crippen LogP contribution is 2.26. The number of halogens is 2. The molecular weight excluding hydrogens is 229 g/mol. The predicted molar refractivity (Wildman–Crippen MR) is 66.6 cm³/mol. The molecule has 2 atom stereocenters. The molecule has 2 N–H and O–H groups in total. The fourth-order valence-electron chi connectivity index (χ4n) is 1.47. The smallest absolute Gasteiger partial charge is 0.131 e. The molecule has 1 aromatic carbocycles. The topological polar surface area (TPSA) is 35.2 Å². The summed E-state index contributed by atoms with van der Waals surface area (Å²) in [7, 11) is 1.52. The summed E-state index contributed by atoms with van der Waals surface area (Å²) in [5.74, 6) is 0.502. The summed E-state index contributed by atoms with van der Waals surface area (Å²) in [5, 5.41) is 0. The van der Waals surface area contributed by atoms with Crippen LogP contribution in [-0.2, 0) is 0 Å². The van der Waals surface area contributed by atoms with Crippen LogP contribution in [0.4, 0.5) is 4.39 Å². The van der Waals surface area contributed by atoms with E-state index in [1.165, 1.54) is 13.2 Å². The van der Waals surface area contributed by atoms with Crippen LogP contribution in [0.2, 0.25) is 0 Å². The molecule has 4 heteroatoms. The van der Waals surface area contributed by atoms with Crippen LogP contribution in [-0.4, -0.2) is 7.11 Å². The van der Waals surface area contributed by atoms with Gasteiger partial charge >= 0.3 is 0 Å². The molecule has 0 bridgehead atoms. The third-order valence-corrected chi connectivity index (χ3v) is 2.82. The number of hydrogen-bond acceptors (Lipinski definition) is 2. The summed E-state index contributed by atoms with van der Waals surface area (Å²) >= 11 is 0. The lowest BCUT2D eigenvalue weighted by Crippen LogP contribution is -2.19. The quantitative estimate of drug-likeness (QED) is 0.886. The van der Waals surface area contributed by atoms with Gasteiger partial charge in [0.15, 0.2) is 0 Å². The van der Waals surface area contributed by atoms with Crippen molar-refractivity contribution in [1.29, 1.82) is 0 Å². The molecule has 0 saturated carbocycles. The van der Waals surface area contributed by atoms with E-state index < -0.39 is 0 Å². The van der Waals surface area contributed by atoms with Crippen molar-refractivity contribution in [3.05, 3.63) is 29.6 Å². The normalized spacial score (nSPS) is 13.8. The molecule has 0 radical (unpaired) electrons. The van der Waals surface area contributed by atoms with Crippen LogP contribution in [0, 0.1) is 11.7 Å². The van der Waals surface area contributed by atoms with Gasteiger partial charge in [-0.2, -0.15) is 0 Å². The molecule has 0 aliphatic carbocycles. The maximum Gasteiger partial charge on any atom is 0.131 e. The Morgan fingerprint density at radius 2 is 2.06 bits per heavy atom. The first-order chi connectivity index (χ1) is 7.10. The van der Waals surface area contributed by atoms with Crippen molar-refractivity contribution in [2.45, 2.75) is 26.3 Å². The minimum absolute atomic E-state index is 0. The van der Waals surface area contributed by atoms with Gasteiger partial charge in [0.05, 0.1) is 7.11 Å². The number of methoxy groups -OCH3 is 1. The number of ether oxygens (including phenoxy) is 1. The molecular formula is C12H19ClFNO. The largest absolute Gasteiger partial charge is 0.497 e. The Bertz CT molecular complexity index is 333. The molecule has 0 fully saturated rings. The zero-order valence-electron chi connectivity index (χ0n) is 9.87. The van der Waals surface area contributed by atoms with Crippen LogP contribution in [0.5, 0.6) is 5.75 Å². The lowest BCUT2D eigenvalue weighted by atomic mass is 9.93. The van der Waals surface area contributed by atoms with Crippen LogP contribution in [0.25, 0.3) is 0 Å². The summed E-state index contributed by atoms with van der Waals surface area (Å²) < 4.78 is 18.6. The summed E-state index contributed by atoms with van der Waals surface area (Å²) in [6.07, 6.45) is 0.937. The van der Waals surface area contributed by atoms with Gasteiger partial charge in [-0.25, -0.2) is 4.39 Å². The lowest BCUT2D eigenvalue weighted by molar-refractivity contribution is 0.405. The third kappa shape index (κ3) is 3.35.